The Labute approximate surface area is 74.3 Å². The molecule has 0 saturated heterocycles. The van der Waals surface area contributed by atoms with Crippen LogP contribution in [0, 0.1) is 5.82 Å². The Balaban J connectivity index is 2.46. The Morgan fingerprint density at radius 3 is 2.85 bits per heavy atom. The summed E-state index contributed by atoms with van der Waals surface area (Å²) in [5.74, 6) is -0.0597. The second-order valence-corrected chi connectivity index (χ2v) is 2.19. The average Bonchev–Trinajstić information content (AvgIpc) is 2.16. The van der Waals surface area contributed by atoms with Crippen molar-refractivity contribution in [2.75, 3.05) is 12.5 Å². The molecule has 1 heterocycles. The number of hydrogen-bond donors (Lipinski definition) is 3. The van der Waals surface area contributed by atoms with Gasteiger partial charge in [0.2, 0.25) is 0 Å². The number of aromatic nitrogens is 1. The van der Waals surface area contributed by atoms with E-state index in [9.17, 15) is 9.18 Å². The lowest BCUT2D eigenvalue weighted by Crippen LogP contribution is -2.37. The highest BCUT2D eigenvalue weighted by Gasteiger charge is 1.96. The molecule has 70 valence electrons. The number of hydrogen-bond acceptors (Lipinski definition) is 3. The Morgan fingerprint density at radius 2 is 2.31 bits per heavy atom. The molecule has 0 spiro atoms. The van der Waals surface area contributed by atoms with Crippen LogP contribution in [0.4, 0.5) is 15.0 Å². The van der Waals surface area contributed by atoms with Gasteiger partial charge in [-0.15, -0.1) is 0 Å². The molecule has 0 aliphatic rings. The van der Waals surface area contributed by atoms with Gasteiger partial charge in [0.05, 0.1) is 6.20 Å². The molecule has 2 amide bonds. The van der Waals surface area contributed by atoms with Crippen LogP contribution in [-0.4, -0.2) is 18.1 Å². The van der Waals surface area contributed by atoms with Gasteiger partial charge in [0.1, 0.15) is 11.6 Å². The van der Waals surface area contributed by atoms with Crippen LogP contribution in [-0.2, 0) is 0 Å². The molecule has 0 aliphatic carbocycles. The average molecular weight is 184 g/mol. The number of pyridine rings is 1. The van der Waals surface area contributed by atoms with Crippen molar-refractivity contribution in [2.24, 2.45) is 0 Å². The molecule has 5 nitrogen and oxygen atoms in total. The van der Waals surface area contributed by atoms with E-state index in [1.54, 1.807) is 0 Å². The fourth-order valence-electron chi connectivity index (χ4n) is 0.633. The molecule has 0 unspecified atom stereocenters. The first-order valence-electron chi connectivity index (χ1n) is 3.57. The Morgan fingerprint density at radius 1 is 1.54 bits per heavy atom. The SMILES string of the molecule is CNC(=O)NNc1ccc(F)cn1. The van der Waals surface area contributed by atoms with E-state index in [0.717, 1.165) is 6.20 Å². The van der Waals surface area contributed by atoms with Gasteiger partial charge in [-0.25, -0.2) is 14.2 Å². The summed E-state index contributed by atoms with van der Waals surface area (Å²) in [6, 6.07) is 2.25. The van der Waals surface area contributed by atoms with Crippen LogP contribution in [0.5, 0.6) is 0 Å². The molecule has 1 aromatic heterocycles. The zero-order valence-corrected chi connectivity index (χ0v) is 6.97. The van der Waals surface area contributed by atoms with Crippen molar-refractivity contribution in [1.29, 1.82) is 0 Å². The van der Waals surface area contributed by atoms with E-state index >= 15 is 0 Å². The summed E-state index contributed by atoms with van der Waals surface area (Å²) < 4.78 is 12.4. The largest absolute Gasteiger partial charge is 0.340 e. The lowest BCUT2D eigenvalue weighted by molar-refractivity contribution is 0.244. The third-order valence-electron chi connectivity index (χ3n) is 1.26. The maximum Gasteiger partial charge on any atom is 0.333 e. The van der Waals surface area contributed by atoms with E-state index in [1.807, 2.05) is 0 Å². The van der Waals surface area contributed by atoms with Crippen molar-refractivity contribution in [3.05, 3.63) is 24.1 Å². The number of amides is 2. The molecule has 1 aromatic rings. The quantitative estimate of drug-likeness (QED) is 0.585. The van der Waals surface area contributed by atoms with E-state index in [4.69, 9.17) is 0 Å². The second kappa shape index (κ2) is 4.24. The third-order valence-corrected chi connectivity index (χ3v) is 1.26. The first kappa shape index (κ1) is 9.24. The van der Waals surface area contributed by atoms with Crippen molar-refractivity contribution in [1.82, 2.24) is 15.7 Å². The lowest BCUT2D eigenvalue weighted by atomic mass is 10.4. The maximum atomic E-state index is 12.4. The molecule has 1 rings (SSSR count). The van der Waals surface area contributed by atoms with Crippen LogP contribution < -0.4 is 16.2 Å². The predicted octanol–water partition coefficient (Wildman–Crippen LogP) is 0.477. The molecule has 13 heavy (non-hydrogen) atoms. The van der Waals surface area contributed by atoms with Gasteiger partial charge in [0, 0.05) is 7.05 Å². The minimum Gasteiger partial charge on any atom is -0.340 e. The van der Waals surface area contributed by atoms with Crippen LogP contribution in [0.3, 0.4) is 0 Å². The van der Waals surface area contributed by atoms with E-state index in [-0.39, 0.29) is 0 Å². The number of nitrogens with one attached hydrogen (secondary N) is 3. The number of anilines is 1. The van der Waals surface area contributed by atoms with E-state index < -0.39 is 11.8 Å². The lowest BCUT2D eigenvalue weighted by Gasteiger charge is -2.05. The fraction of sp³-hybridized carbons (Fsp3) is 0.143. The van der Waals surface area contributed by atoms with Gasteiger partial charge in [-0.1, -0.05) is 0 Å². The third kappa shape index (κ3) is 2.94. The normalized spacial score (nSPS) is 9.08. The molecular formula is C7H9FN4O. The van der Waals surface area contributed by atoms with Crippen molar-refractivity contribution < 1.29 is 9.18 Å². The van der Waals surface area contributed by atoms with Crippen molar-refractivity contribution in [3.63, 3.8) is 0 Å². The summed E-state index contributed by atoms with van der Waals surface area (Å²) >= 11 is 0. The standard InChI is InChI=1S/C7H9FN4O/c1-9-7(13)12-11-6-3-2-5(8)4-10-6/h2-4H,1H3,(H,10,11)(H2,9,12,13). The monoisotopic (exact) mass is 184 g/mol. The van der Waals surface area contributed by atoms with Crippen LogP contribution in [0.15, 0.2) is 18.3 Å². The van der Waals surface area contributed by atoms with E-state index in [1.165, 1.54) is 19.2 Å². The van der Waals surface area contributed by atoms with Crippen molar-refractivity contribution in [2.45, 2.75) is 0 Å². The molecule has 0 aliphatic heterocycles. The van der Waals surface area contributed by atoms with Crippen LogP contribution in [0.2, 0.25) is 0 Å². The zero-order chi connectivity index (χ0) is 9.68. The number of halogens is 1. The summed E-state index contributed by atoms with van der Waals surface area (Å²) in [6.07, 6.45) is 1.05. The number of nitrogens with zero attached hydrogens (tertiary/aromatic N) is 1. The molecule has 0 aromatic carbocycles. The number of hydrazine groups is 1. The number of carbonyl (C=O) groups excluding carboxylic acids is 1. The van der Waals surface area contributed by atoms with E-state index in [0.29, 0.717) is 5.82 Å². The Hall–Kier alpha value is -1.85. The minimum absolute atomic E-state index is 0.366. The Kier molecular flexibility index (Phi) is 3.02. The Bertz CT molecular complexity index is 287. The zero-order valence-electron chi connectivity index (χ0n) is 6.97. The van der Waals surface area contributed by atoms with E-state index in [2.05, 4.69) is 21.2 Å². The maximum absolute atomic E-state index is 12.4. The molecule has 3 N–H and O–H groups in total. The number of rotatable bonds is 2. The van der Waals surface area contributed by atoms with Crippen molar-refractivity contribution >= 4 is 11.8 Å². The van der Waals surface area contributed by atoms with Gasteiger partial charge in [0.15, 0.2) is 0 Å². The molecule has 0 atom stereocenters. The molecule has 0 fully saturated rings. The molecule has 0 bridgehead atoms. The number of carbonyl (C=O) groups is 1. The minimum atomic E-state index is -0.425. The summed E-state index contributed by atoms with van der Waals surface area (Å²) in [6.45, 7) is 0. The highest BCUT2D eigenvalue weighted by Crippen LogP contribution is 2.00. The number of urea groups is 1. The van der Waals surface area contributed by atoms with Gasteiger partial charge in [-0.05, 0) is 12.1 Å². The summed E-state index contributed by atoms with van der Waals surface area (Å²) in [7, 11) is 1.48. The summed E-state index contributed by atoms with van der Waals surface area (Å²) in [4.78, 5) is 14.3. The van der Waals surface area contributed by atoms with Crippen LogP contribution in [0.25, 0.3) is 0 Å². The fourth-order valence-corrected chi connectivity index (χ4v) is 0.633. The van der Waals surface area contributed by atoms with Crippen LogP contribution in [0.1, 0.15) is 0 Å². The first-order chi connectivity index (χ1) is 6.22. The molecule has 6 heteroatoms. The summed E-state index contributed by atoms with van der Waals surface area (Å²) in [5, 5.41) is 2.33. The van der Waals surface area contributed by atoms with Gasteiger partial charge >= 0.3 is 6.03 Å². The van der Waals surface area contributed by atoms with Crippen molar-refractivity contribution in [3.8, 4) is 0 Å². The molecular weight excluding hydrogens is 175 g/mol. The second-order valence-electron chi connectivity index (χ2n) is 2.19. The molecule has 0 saturated carbocycles. The van der Waals surface area contributed by atoms with Gasteiger partial charge in [-0.3, -0.25) is 10.9 Å². The topological polar surface area (TPSA) is 66.1 Å². The summed E-state index contributed by atoms with van der Waals surface area (Å²) in [5.41, 5.74) is 4.77. The highest BCUT2D eigenvalue weighted by molar-refractivity contribution is 5.74. The van der Waals surface area contributed by atoms with Crippen LogP contribution >= 0.6 is 0 Å². The van der Waals surface area contributed by atoms with Gasteiger partial charge < -0.3 is 5.32 Å². The smallest absolute Gasteiger partial charge is 0.333 e. The predicted molar refractivity (Wildman–Crippen MR) is 45.4 cm³/mol. The first-order valence-corrected chi connectivity index (χ1v) is 3.57. The van der Waals surface area contributed by atoms with Gasteiger partial charge in [0.25, 0.3) is 0 Å². The highest BCUT2D eigenvalue weighted by atomic mass is 19.1. The van der Waals surface area contributed by atoms with Gasteiger partial charge in [-0.2, -0.15) is 0 Å². The molecule has 0 radical (unpaired) electrons.